The summed E-state index contributed by atoms with van der Waals surface area (Å²) in [5.41, 5.74) is 4.01. The SMILES string of the molecule is Cc1nn(C)c(C)c1[C@@H]1CCCN1C(=O)[C@H]1C[C@H]1c1ccccc1F. The normalized spacial score (nSPS) is 25.4. The summed E-state index contributed by atoms with van der Waals surface area (Å²) in [6.45, 7) is 4.87. The number of hydrogen-bond acceptors (Lipinski definition) is 2. The van der Waals surface area contributed by atoms with Gasteiger partial charge in [0, 0.05) is 30.8 Å². The minimum absolute atomic E-state index is 0.0334. The molecule has 1 saturated heterocycles. The molecule has 5 heteroatoms. The van der Waals surface area contributed by atoms with Crippen LogP contribution in [-0.4, -0.2) is 27.1 Å². The summed E-state index contributed by atoms with van der Waals surface area (Å²) < 4.78 is 15.9. The topological polar surface area (TPSA) is 38.1 Å². The fraction of sp³-hybridized carbons (Fsp3) is 0.500. The molecule has 3 atom stereocenters. The Kier molecular flexibility index (Phi) is 3.89. The standard InChI is InChI=1S/C20H24FN3O/c1-12-19(13(2)23(3)22-12)18-9-6-10-24(18)20(25)16-11-15(16)14-7-4-5-8-17(14)21/h4-5,7-8,15-16,18H,6,9-11H2,1-3H3/t15-,16-,18-/m0/s1. The Morgan fingerprint density at radius 2 is 2.04 bits per heavy atom. The van der Waals surface area contributed by atoms with E-state index in [1.165, 1.54) is 11.6 Å². The molecule has 1 aromatic heterocycles. The molecule has 2 aromatic rings. The van der Waals surface area contributed by atoms with Crippen LogP contribution in [0.3, 0.4) is 0 Å². The van der Waals surface area contributed by atoms with Gasteiger partial charge in [0.2, 0.25) is 5.91 Å². The summed E-state index contributed by atoms with van der Waals surface area (Å²) in [4.78, 5) is 15.1. The molecule has 0 unspecified atom stereocenters. The van der Waals surface area contributed by atoms with Crippen molar-refractivity contribution in [2.75, 3.05) is 6.54 Å². The Morgan fingerprint density at radius 3 is 2.72 bits per heavy atom. The minimum Gasteiger partial charge on any atom is -0.335 e. The lowest BCUT2D eigenvalue weighted by molar-refractivity contribution is -0.133. The van der Waals surface area contributed by atoms with Crippen molar-refractivity contribution in [3.8, 4) is 0 Å². The van der Waals surface area contributed by atoms with Crippen molar-refractivity contribution in [2.45, 2.75) is 45.1 Å². The molecule has 25 heavy (non-hydrogen) atoms. The highest BCUT2D eigenvalue weighted by molar-refractivity contribution is 5.83. The maximum absolute atomic E-state index is 14.0. The van der Waals surface area contributed by atoms with Crippen molar-refractivity contribution in [1.82, 2.24) is 14.7 Å². The highest BCUT2D eigenvalue weighted by atomic mass is 19.1. The summed E-state index contributed by atoms with van der Waals surface area (Å²) in [6, 6.07) is 6.95. The van der Waals surface area contributed by atoms with E-state index in [0.29, 0.717) is 5.56 Å². The van der Waals surface area contributed by atoms with Crippen molar-refractivity contribution in [3.63, 3.8) is 0 Å². The summed E-state index contributed by atoms with van der Waals surface area (Å²) in [7, 11) is 1.95. The number of carbonyl (C=O) groups is 1. The lowest BCUT2D eigenvalue weighted by Crippen LogP contribution is -2.32. The molecule has 4 rings (SSSR count). The lowest BCUT2D eigenvalue weighted by atomic mass is 10.0. The zero-order chi connectivity index (χ0) is 17.7. The first-order valence-corrected chi connectivity index (χ1v) is 9.04. The maximum atomic E-state index is 14.0. The van der Waals surface area contributed by atoms with Gasteiger partial charge in [-0.15, -0.1) is 0 Å². The van der Waals surface area contributed by atoms with Gasteiger partial charge in [-0.2, -0.15) is 5.10 Å². The van der Waals surface area contributed by atoms with E-state index in [-0.39, 0.29) is 29.6 Å². The fourth-order valence-electron chi connectivity index (χ4n) is 4.40. The van der Waals surface area contributed by atoms with Gasteiger partial charge in [0.15, 0.2) is 0 Å². The van der Waals surface area contributed by atoms with Crippen molar-refractivity contribution in [3.05, 3.63) is 52.6 Å². The molecule has 2 aliphatic rings. The molecule has 0 bridgehead atoms. The van der Waals surface area contributed by atoms with Gasteiger partial charge in [0.05, 0.1) is 11.7 Å². The molecular formula is C20H24FN3O. The number of amides is 1. The van der Waals surface area contributed by atoms with Crippen molar-refractivity contribution < 1.29 is 9.18 Å². The Labute approximate surface area is 147 Å². The molecule has 1 aromatic carbocycles. The summed E-state index contributed by atoms with van der Waals surface area (Å²) in [6.07, 6.45) is 2.76. The van der Waals surface area contributed by atoms with E-state index in [9.17, 15) is 9.18 Å². The summed E-state index contributed by atoms with van der Waals surface area (Å²) in [5.74, 6) is -0.0565. The van der Waals surface area contributed by atoms with Crippen LogP contribution in [0.5, 0.6) is 0 Å². The van der Waals surface area contributed by atoms with Crippen LogP contribution >= 0.6 is 0 Å². The molecule has 1 aliphatic heterocycles. The number of rotatable bonds is 3. The van der Waals surface area contributed by atoms with Gasteiger partial charge < -0.3 is 4.90 Å². The Hall–Kier alpha value is -2.17. The number of carbonyl (C=O) groups excluding carboxylic acids is 1. The molecule has 1 saturated carbocycles. The number of aryl methyl sites for hydroxylation is 2. The molecule has 132 valence electrons. The van der Waals surface area contributed by atoms with E-state index < -0.39 is 0 Å². The molecule has 0 N–H and O–H groups in total. The summed E-state index contributed by atoms with van der Waals surface area (Å²) >= 11 is 0. The highest BCUT2D eigenvalue weighted by Gasteiger charge is 2.49. The average molecular weight is 341 g/mol. The van der Waals surface area contributed by atoms with Gasteiger partial charge >= 0.3 is 0 Å². The van der Waals surface area contributed by atoms with Gasteiger partial charge in [-0.05, 0) is 50.7 Å². The monoisotopic (exact) mass is 341 g/mol. The van der Waals surface area contributed by atoms with E-state index in [2.05, 4.69) is 12.0 Å². The summed E-state index contributed by atoms with van der Waals surface area (Å²) in [5, 5.41) is 4.51. The van der Waals surface area contributed by atoms with E-state index >= 15 is 0 Å². The van der Waals surface area contributed by atoms with Crippen LogP contribution in [0.15, 0.2) is 24.3 Å². The number of halogens is 1. The van der Waals surface area contributed by atoms with E-state index in [4.69, 9.17) is 0 Å². The van der Waals surface area contributed by atoms with Gasteiger partial charge in [0.25, 0.3) is 0 Å². The van der Waals surface area contributed by atoms with Gasteiger partial charge in [-0.3, -0.25) is 9.48 Å². The first kappa shape index (κ1) is 16.3. The molecule has 4 nitrogen and oxygen atoms in total. The van der Waals surface area contributed by atoms with Gasteiger partial charge in [-0.25, -0.2) is 4.39 Å². The first-order valence-electron chi connectivity index (χ1n) is 9.04. The molecule has 2 heterocycles. The van der Waals surface area contributed by atoms with Gasteiger partial charge in [-0.1, -0.05) is 18.2 Å². The predicted octanol–water partition coefficient (Wildman–Crippen LogP) is 3.64. The predicted molar refractivity (Wildman–Crippen MR) is 93.6 cm³/mol. The molecule has 0 spiro atoms. The smallest absolute Gasteiger partial charge is 0.226 e. The first-order chi connectivity index (χ1) is 12.0. The van der Waals surface area contributed by atoms with Crippen LogP contribution < -0.4 is 0 Å². The van der Waals surface area contributed by atoms with Crippen molar-refractivity contribution in [1.29, 1.82) is 0 Å². The zero-order valence-electron chi connectivity index (χ0n) is 15.0. The number of nitrogens with zero attached hydrogens (tertiary/aromatic N) is 3. The fourth-order valence-corrected chi connectivity index (χ4v) is 4.40. The molecular weight excluding hydrogens is 317 g/mol. The quantitative estimate of drug-likeness (QED) is 0.855. The molecule has 0 radical (unpaired) electrons. The molecule has 1 amide bonds. The average Bonchev–Trinajstić information content (AvgIpc) is 3.16. The third-order valence-corrected chi connectivity index (χ3v) is 5.85. The van der Waals surface area contributed by atoms with E-state index in [1.807, 2.05) is 35.7 Å². The van der Waals surface area contributed by atoms with E-state index in [1.54, 1.807) is 6.07 Å². The molecule has 2 fully saturated rings. The second kappa shape index (κ2) is 5.97. The van der Waals surface area contributed by atoms with Crippen LogP contribution in [0.2, 0.25) is 0 Å². The second-order valence-electron chi connectivity index (χ2n) is 7.37. The van der Waals surface area contributed by atoms with Crippen LogP contribution in [0.1, 0.15) is 53.7 Å². The Bertz CT molecular complexity index is 828. The van der Waals surface area contributed by atoms with Crippen LogP contribution in [0, 0.1) is 25.6 Å². The Morgan fingerprint density at radius 1 is 1.28 bits per heavy atom. The van der Waals surface area contributed by atoms with Crippen molar-refractivity contribution in [2.24, 2.45) is 13.0 Å². The van der Waals surface area contributed by atoms with Gasteiger partial charge in [0.1, 0.15) is 5.82 Å². The van der Waals surface area contributed by atoms with E-state index in [0.717, 1.165) is 37.2 Å². The van der Waals surface area contributed by atoms with Crippen LogP contribution in [0.4, 0.5) is 4.39 Å². The number of likely N-dealkylation sites (tertiary alicyclic amines) is 1. The maximum Gasteiger partial charge on any atom is 0.226 e. The number of aromatic nitrogens is 2. The molecule has 1 aliphatic carbocycles. The minimum atomic E-state index is -0.195. The third kappa shape index (κ3) is 2.66. The van der Waals surface area contributed by atoms with Crippen LogP contribution in [-0.2, 0) is 11.8 Å². The third-order valence-electron chi connectivity index (χ3n) is 5.85. The highest BCUT2D eigenvalue weighted by Crippen LogP contribution is 2.51. The zero-order valence-corrected chi connectivity index (χ0v) is 15.0. The van der Waals surface area contributed by atoms with Crippen LogP contribution in [0.25, 0.3) is 0 Å². The number of benzene rings is 1. The lowest BCUT2D eigenvalue weighted by Gasteiger charge is -2.25. The number of hydrogen-bond donors (Lipinski definition) is 0. The Balaban J connectivity index is 1.56. The second-order valence-corrected chi connectivity index (χ2v) is 7.37. The largest absolute Gasteiger partial charge is 0.335 e. The van der Waals surface area contributed by atoms with Crippen molar-refractivity contribution >= 4 is 5.91 Å².